The van der Waals surface area contributed by atoms with Crippen LogP contribution in [0.2, 0.25) is 5.02 Å². The van der Waals surface area contributed by atoms with Crippen molar-refractivity contribution < 1.29 is 22.8 Å². The topological polar surface area (TPSA) is 99.2 Å². The Morgan fingerprint density at radius 2 is 1.83 bits per heavy atom. The van der Waals surface area contributed by atoms with E-state index in [1.807, 2.05) is 0 Å². The lowest BCUT2D eigenvalue weighted by atomic mass is 10.2. The van der Waals surface area contributed by atoms with Crippen LogP contribution in [0.4, 0.5) is 30.2 Å². The largest absolute Gasteiger partial charge is 0.417 e. The number of carbonyl (C=O) groups is 2. The van der Waals surface area contributed by atoms with E-state index in [1.54, 1.807) is 6.07 Å². The second-order valence-electron chi connectivity index (χ2n) is 5.76. The number of nitriles is 1. The van der Waals surface area contributed by atoms with Crippen molar-refractivity contribution in [2.24, 2.45) is 0 Å². The summed E-state index contributed by atoms with van der Waals surface area (Å²) in [7, 11) is 0. The first-order chi connectivity index (χ1) is 13.5. The minimum Gasteiger partial charge on any atom is -0.399 e. The molecule has 0 heterocycles. The third kappa shape index (κ3) is 5.27. The molecule has 0 radical (unpaired) electrons. The molecule has 2 rings (SSSR count). The van der Waals surface area contributed by atoms with Gasteiger partial charge >= 0.3 is 6.18 Å². The fourth-order valence-corrected chi connectivity index (χ4v) is 2.54. The maximum atomic E-state index is 12.9. The molecule has 0 aliphatic heterocycles. The Morgan fingerprint density at radius 3 is 2.34 bits per heavy atom. The normalized spacial score (nSPS) is 11.5. The molecule has 2 amide bonds. The summed E-state index contributed by atoms with van der Waals surface area (Å²) >= 11 is 5.55. The Labute approximate surface area is 169 Å². The van der Waals surface area contributed by atoms with Crippen LogP contribution in [-0.4, -0.2) is 11.8 Å². The average Bonchev–Trinajstić information content (AvgIpc) is 2.64. The van der Waals surface area contributed by atoms with E-state index in [2.05, 4.69) is 5.32 Å². The summed E-state index contributed by atoms with van der Waals surface area (Å²) in [6.45, 7) is 1.13. The molecule has 150 valence electrons. The molecule has 0 aromatic heterocycles. The molecule has 10 heteroatoms. The van der Waals surface area contributed by atoms with E-state index in [9.17, 15) is 28.0 Å². The second-order valence-corrected chi connectivity index (χ2v) is 6.16. The van der Waals surface area contributed by atoms with Crippen LogP contribution in [-0.2, 0) is 15.8 Å². The van der Waals surface area contributed by atoms with Crippen LogP contribution in [0.3, 0.4) is 0 Å². The maximum absolute atomic E-state index is 12.9. The summed E-state index contributed by atoms with van der Waals surface area (Å²) in [6.07, 6.45) is -3.76. The van der Waals surface area contributed by atoms with E-state index >= 15 is 0 Å². The van der Waals surface area contributed by atoms with Gasteiger partial charge in [-0.25, -0.2) is 4.90 Å². The quantitative estimate of drug-likeness (QED) is 0.434. The molecule has 2 aromatic carbocycles. The van der Waals surface area contributed by atoms with Crippen LogP contribution in [0, 0.1) is 11.3 Å². The van der Waals surface area contributed by atoms with Gasteiger partial charge in [-0.1, -0.05) is 11.6 Å². The first-order valence-corrected chi connectivity index (χ1v) is 8.36. The lowest BCUT2D eigenvalue weighted by molar-refractivity contribution is -0.137. The van der Waals surface area contributed by atoms with Crippen molar-refractivity contribution in [3.05, 3.63) is 64.8 Å². The zero-order chi connectivity index (χ0) is 21.8. The Hall–Kier alpha value is -3.51. The number of nitrogens with two attached hydrogens (primary N) is 1. The number of nitrogen functional groups attached to an aromatic ring is 1. The zero-order valence-electron chi connectivity index (χ0n) is 14.9. The smallest absolute Gasteiger partial charge is 0.399 e. The molecule has 6 nitrogen and oxygen atoms in total. The van der Waals surface area contributed by atoms with Gasteiger partial charge in [0.25, 0.3) is 5.91 Å². The fourth-order valence-electron chi connectivity index (χ4n) is 2.32. The van der Waals surface area contributed by atoms with Gasteiger partial charge in [0.05, 0.1) is 16.3 Å². The highest BCUT2D eigenvalue weighted by atomic mass is 35.5. The zero-order valence-corrected chi connectivity index (χ0v) is 15.7. The van der Waals surface area contributed by atoms with Crippen molar-refractivity contribution in [2.75, 3.05) is 16.0 Å². The first kappa shape index (κ1) is 21.8. The number of imide groups is 1. The van der Waals surface area contributed by atoms with Gasteiger partial charge in [0.15, 0.2) is 0 Å². The Morgan fingerprint density at radius 1 is 1.21 bits per heavy atom. The summed E-state index contributed by atoms with van der Waals surface area (Å²) in [5, 5.41) is 11.2. The predicted octanol–water partition coefficient (Wildman–Crippen LogP) is 4.34. The van der Waals surface area contributed by atoms with Crippen LogP contribution in [0.1, 0.15) is 12.5 Å². The number of carbonyl (C=O) groups excluding carboxylic acids is 2. The Kier molecular flexibility index (Phi) is 6.51. The molecule has 2 aromatic rings. The summed E-state index contributed by atoms with van der Waals surface area (Å²) in [4.78, 5) is 25.3. The monoisotopic (exact) mass is 422 g/mol. The molecule has 0 saturated heterocycles. The minimum absolute atomic E-state index is 0.0517. The third-order valence-corrected chi connectivity index (χ3v) is 4.00. The molecule has 0 saturated carbocycles. The number of anilines is 3. The van der Waals surface area contributed by atoms with Gasteiger partial charge in [0.1, 0.15) is 11.6 Å². The van der Waals surface area contributed by atoms with Crippen molar-refractivity contribution >= 4 is 40.5 Å². The number of halogens is 4. The molecule has 0 fully saturated rings. The third-order valence-electron chi connectivity index (χ3n) is 3.68. The Balaban J connectivity index is 2.33. The van der Waals surface area contributed by atoms with Gasteiger partial charge in [-0.05, 0) is 42.5 Å². The molecule has 0 unspecified atom stereocenters. The number of hydrogen-bond donors (Lipinski definition) is 2. The maximum Gasteiger partial charge on any atom is 0.417 e. The summed E-state index contributed by atoms with van der Waals surface area (Å²) in [5.74, 6) is -1.62. The average molecular weight is 423 g/mol. The van der Waals surface area contributed by atoms with Gasteiger partial charge in [-0.2, -0.15) is 18.4 Å². The van der Waals surface area contributed by atoms with Crippen LogP contribution >= 0.6 is 11.6 Å². The van der Waals surface area contributed by atoms with Crippen molar-refractivity contribution in [1.82, 2.24) is 0 Å². The lowest BCUT2D eigenvalue weighted by Crippen LogP contribution is -2.36. The van der Waals surface area contributed by atoms with Crippen molar-refractivity contribution in [2.45, 2.75) is 13.1 Å². The van der Waals surface area contributed by atoms with Crippen molar-refractivity contribution in [3.63, 3.8) is 0 Å². The number of alkyl halides is 3. The van der Waals surface area contributed by atoms with Gasteiger partial charge in [-0.3, -0.25) is 9.59 Å². The summed E-state index contributed by atoms with van der Waals surface area (Å²) < 4.78 is 38.8. The molecular formula is C19H14ClF3N4O2. The highest BCUT2D eigenvalue weighted by Gasteiger charge is 2.33. The SMILES string of the molecule is CC(=O)N(C(=O)/C(C#N)=C\Nc1ccc(Cl)c(C(F)(F)F)c1)c1ccc(N)cc1. The van der Waals surface area contributed by atoms with Gasteiger partial charge in [0, 0.05) is 24.5 Å². The first-order valence-electron chi connectivity index (χ1n) is 7.98. The number of hydrogen-bond acceptors (Lipinski definition) is 5. The van der Waals surface area contributed by atoms with E-state index in [1.165, 1.54) is 30.3 Å². The molecule has 0 atom stereocenters. The summed E-state index contributed by atoms with van der Waals surface area (Å²) in [5.41, 5.74) is 4.55. The van der Waals surface area contributed by atoms with Crippen molar-refractivity contribution in [3.8, 4) is 6.07 Å². The Bertz CT molecular complexity index is 1010. The lowest BCUT2D eigenvalue weighted by Gasteiger charge is -2.19. The van der Waals surface area contributed by atoms with Gasteiger partial charge < -0.3 is 11.1 Å². The van der Waals surface area contributed by atoms with E-state index < -0.39 is 34.1 Å². The minimum atomic E-state index is -4.67. The van der Waals surface area contributed by atoms with Crippen LogP contribution in [0.25, 0.3) is 0 Å². The number of amides is 2. The highest BCUT2D eigenvalue weighted by Crippen LogP contribution is 2.36. The fraction of sp³-hybridized carbons (Fsp3) is 0.105. The molecular weight excluding hydrogens is 409 g/mol. The number of rotatable bonds is 4. The highest BCUT2D eigenvalue weighted by molar-refractivity contribution is 6.31. The molecule has 0 spiro atoms. The molecule has 3 N–H and O–H groups in total. The van der Waals surface area contributed by atoms with Crippen LogP contribution in [0.15, 0.2) is 54.2 Å². The standard InChI is InChI=1S/C19H14ClF3N4O2/c1-11(28)27(15-5-2-13(25)3-6-15)18(29)12(9-24)10-26-14-4-7-17(20)16(8-14)19(21,22)23/h2-8,10,26H,25H2,1H3/b12-10-. The van der Waals surface area contributed by atoms with E-state index in [0.29, 0.717) is 5.69 Å². The number of benzene rings is 2. The predicted molar refractivity (Wildman–Crippen MR) is 103 cm³/mol. The second kappa shape index (κ2) is 8.67. The molecule has 29 heavy (non-hydrogen) atoms. The van der Waals surface area contributed by atoms with Gasteiger partial charge in [0.2, 0.25) is 5.91 Å². The van der Waals surface area contributed by atoms with Crippen molar-refractivity contribution in [1.29, 1.82) is 5.26 Å². The molecule has 0 aliphatic carbocycles. The van der Waals surface area contributed by atoms with E-state index in [4.69, 9.17) is 17.3 Å². The van der Waals surface area contributed by atoms with Crippen LogP contribution < -0.4 is 16.0 Å². The molecule has 0 bridgehead atoms. The van der Waals surface area contributed by atoms with Crippen LogP contribution in [0.5, 0.6) is 0 Å². The summed E-state index contributed by atoms with van der Waals surface area (Å²) in [6, 6.07) is 10.4. The number of nitrogens with one attached hydrogen (secondary N) is 1. The molecule has 0 aliphatic rings. The van der Waals surface area contributed by atoms with E-state index in [-0.39, 0.29) is 11.4 Å². The van der Waals surface area contributed by atoms with E-state index in [0.717, 1.165) is 30.2 Å². The van der Waals surface area contributed by atoms with Gasteiger partial charge in [-0.15, -0.1) is 0 Å². The number of nitrogens with zero attached hydrogens (tertiary/aromatic N) is 2.